The Labute approximate surface area is 70.1 Å². The predicted octanol–water partition coefficient (Wildman–Crippen LogP) is 0.961. The van der Waals surface area contributed by atoms with E-state index in [1.165, 1.54) is 4.68 Å². The minimum atomic E-state index is -0.463. The van der Waals surface area contributed by atoms with Crippen molar-refractivity contribution in [1.29, 1.82) is 0 Å². The van der Waals surface area contributed by atoms with E-state index in [9.17, 15) is 4.39 Å². The molecule has 1 rings (SSSR count). The van der Waals surface area contributed by atoms with Crippen molar-refractivity contribution >= 4 is 0 Å². The largest absolute Gasteiger partial charge is 0.463 e. The van der Waals surface area contributed by atoms with Crippen LogP contribution in [0, 0.1) is 17.7 Å². The third kappa shape index (κ3) is 1.76. The van der Waals surface area contributed by atoms with E-state index in [4.69, 9.17) is 4.74 Å². The van der Waals surface area contributed by atoms with Crippen molar-refractivity contribution in [1.82, 2.24) is 9.78 Å². The minimum Gasteiger partial charge on any atom is -0.463 e. The van der Waals surface area contributed by atoms with Gasteiger partial charge in [-0.1, -0.05) is 5.92 Å². The molecule has 4 heteroatoms. The van der Waals surface area contributed by atoms with Crippen LogP contribution in [-0.4, -0.2) is 16.4 Å². The highest BCUT2D eigenvalue weighted by molar-refractivity contribution is 5.12. The zero-order valence-electron chi connectivity index (χ0n) is 6.97. The number of hydrogen-bond donors (Lipinski definition) is 0. The zero-order chi connectivity index (χ0) is 8.97. The van der Waals surface area contributed by atoms with Crippen LogP contribution in [-0.2, 0) is 7.05 Å². The molecule has 1 heterocycles. The molecule has 64 valence electrons. The van der Waals surface area contributed by atoms with Crippen LogP contribution < -0.4 is 4.74 Å². The SMILES string of the molecule is CC#CCOc1c(F)cnn1C. The molecular weight excluding hydrogens is 159 g/mol. The number of halogens is 1. The fraction of sp³-hybridized carbons (Fsp3) is 0.375. The summed E-state index contributed by atoms with van der Waals surface area (Å²) in [5.74, 6) is 4.96. The summed E-state index contributed by atoms with van der Waals surface area (Å²) < 4.78 is 19.1. The van der Waals surface area contributed by atoms with Crippen molar-refractivity contribution in [2.45, 2.75) is 6.92 Å². The Kier molecular flexibility index (Phi) is 2.70. The van der Waals surface area contributed by atoms with E-state index in [1.54, 1.807) is 14.0 Å². The van der Waals surface area contributed by atoms with Gasteiger partial charge in [0, 0.05) is 7.05 Å². The number of rotatable bonds is 2. The highest BCUT2D eigenvalue weighted by atomic mass is 19.1. The van der Waals surface area contributed by atoms with Gasteiger partial charge in [-0.3, -0.25) is 0 Å². The molecule has 0 aliphatic rings. The summed E-state index contributed by atoms with van der Waals surface area (Å²) in [6.07, 6.45) is 1.11. The lowest BCUT2D eigenvalue weighted by molar-refractivity contribution is 0.317. The first-order valence-electron chi connectivity index (χ1n) is 3.45. The molecule has 0 saturated heterocycles. The van der Waals surface area contributed by atoms with Gasteiger partial charge in [-0.15, -0.1) is 5.92 Å². The first-order valence-corrected chi connectivity index (χ1v) is 3.45. The molecule has 0 amide bonds. The van der Waals surface area contributed by atoms with Crippen molar-refractivity contribution in [3.05, 3.63) is 12.0 Å². The van der Waals surface area contributed by atoms with E-state index in [1.807, 2.05) is 0 Å². The summed E-state index contributed by atoms with van der Waals surface area (Å²) in [5, 5.41) is 3.66. The summed E-state index contributed by atoms with van der Waals surface area (Å²) >= 11 is 0. The maximum atomic E-state index is 12.8. The highest BCUT2D eigenvalue weighted by Crippen LogP contribution is 2.13. The molecule has 0 N–H and O–H groups in total. The number of hydrogen-bond acceptors (Lipinski definition) is 2. The average Bonchev–Trinajstić information content (AvgIpc) is 2.35. The molecule has 0 aliphatic heterocycles. The lowest BCUT2D eigenvalue weighted by Crippen LogP contribution is -2.01. The zero-order valence-corrected chi connectivity index (χ0v) is 6.97. The van der Waals surface area contributed by atoms with Gasteiger partial charge >= 0.3 is 0 Å². The minimum absolute atomic E-state index is 0.123. The van der Waals surface area contributed by atoms with E-state index in [0.29, 0.717) is 0 Å². The van der Waals surface area contributed by atoms with Gasteiger partial charge in [0.25, 0.3) is 0 Å². The fourth-order valence-electron chi connectivity index (χ4n) is 0.738. The number of aryl methyl sites for hydroxylation is 1. The molecule has 12 heavy (non-hydrogen) atoms. The standard InChI is InChI=1S/C8H9FN2O/c1-3-4-5-12-8-7(9)6-10-11(8)2/h6H,5H2,1-2H3. The van der Waals surface area contributed by atoms with E-state index in [2.05, 4.69) is 16.9 Å². The van der Waals surface area contributed by atoms with Crippen LogP contribution in [0.5, 0.6) is 5.88 Å². The Morgan fingerprint density at radius 1 is 1.75 bits per heavy atom. The molecule has 0 radical (unpaired) electrons. The lowest BCUT2D eigenvalue weighted by Gasteiger charge is -2.00. The van der Waals surface area contributed by atoms with Gasteiger partial charge in [0.1, 0.15) is 0 Å². The van der Waals surface area contributed by atoms with Crippen molar-refractivity contribution in [3.8, 4) is 17.7 Å². The maximum absolute atomic E-state index is 12.8. The monoisotopic (exact) mass is 168 g/mol. The van der Waals surface area contributed by atoms with Gasteiger partial charge in [0.05, 0.1) is 6.20 Å². The Balaban J connectivity index is 2.65. The Hall–Kier alpha value is -1.50. The van der Waals surface area contributed by atoms with Gasteiger partial charge < -0.3 is 4.74 Å². The molecule has 3 nitrogen and oxygen atoms in total. The summed E-state index contributed by atoms with van der Waals surface area (Å²) in [4.78, 5) is 0. The van der Waals surface area contributed by atoms with E-state index >= 15 is 0 Å². The molecular formula is C8H9FN2O. The fourth-order valence-corrected chi connectivity index (χ4v) is 0.738. The van der Waals surface area contributed by atoms with Crippen LogP contribution in [0.3, 0.4) is 0 Å². The van der Waals surface area contributed by atoms with Crippen LogP contribution >= 0.6 is 0 Å². The second-order valence-corrected chi connectivity index (χ2v) is 2.14. The van der Waals surface area contributed by atoms with E-state index in [-0.39, 0.29) is 12.5 Å². The Bertz CT molecular complexity index is 302. The summed E-state index contributed by atoms with van der Waals surface area (Å²) in [7, 11) is 1.61. The molecule has 1 aromatic heterocycles. The van der Waals surface area contributed by atoms with E-state index in [0.717, 1.165) is 6.20 Å². The van der Waals surface area contributed by atoms with E-state index < -0.39 is 5.82 Å². The third-order valence-electron chi connectivity index (χ3n) is 1.30. The second-order valence-electron chi connectivity index (χ2n) is 2.14. The van der Waals surface area contributed by atoms with Crippen LogP contribution in [0.1, 0.15) is 6.92 Å². The van der Waals surface area contributed by atoms with Crippen molar-refractivity contribution in [3.63, 3.8) is 0 Å². The van der Waals surface area contributed by atoms with Crippen molar-refractivity contribution < 1.29 is 9.13 Å². The quantitative estimate of drug-likeness (QED) is 0.615. The van der Waals surface area contributed by atoms with Crippen LogP contribution in [0.25, 0.3) is 0 Å². The molecule has 1 aromatic rings. The first kappa shape index (κ1) is 8.60. The predicted molar refractivity (Wildman–Crippen MR) is 42.1 cm³/mol. The van der Waals surface area contributed by atoms with Crippen LogP contribution in [0.4, 0.5) is 4.39 Å². The molecule has 0 aromatic carbocycles. The molecule has 0 atom stereocenters. The third-order valence-corrected chi connectivity index (χ3v) is 1.30. The van der Waals surface area contributed by atoms with Crippen LogP contribution in [0.15, 0.2) is 6.20 Å². The molecule has 0 unspecified atom stereocenters. The smallest absolute Gasteiger partial charge is 0.249 e. The second kappa shape index (κ2) is 3.77. The maximum Gasteiger partial charge on any atom is 0.249 e. The lowest BCUT2D eigenvalue weighted by atomic mass is 10.6. The normalized spacial score (nSPS) is 8.92. The molecule has 0 aliphatic carbocycles. The van der Waals surface area contributed by atoms with Gasteiger partial charge in [-0.05, 0) is 6.92 Å². The summed E-state index contributed by atoms with van der Waals surface area (Å²) in [5.41, 5.74) is 0. The summed E-state index contributed by atoms with van der Waals surface area (Å²) in [6.45, 7) is 1.88. The molecule has 0 spiro atoms. The topological polar surface area (TPSA) is 27.1 Å². The number of ether oxygens (including phenoxy) is 1. The Morgan fingerprint density at radius 3 is 3.00 bits per heavy atom. The van der Waals surface area contributed by atoms with Gasteiger partial charge in [-0.25, -0.2) is 4.68 Å². The van der Waals surface area contributed by atoms with Gasteiger partial charge in [0.15, 0.2) is 6.61 Å². The highest BCUT2D eigenvalue weighted by Gasteiger charge is 2.07. The molecule has 0 bridgehead atoms. The van der Waals surface area contributed by atoms with Gasteiger partial charge in [0.2, 0.25) is 11.7 Å². The van der Waals surface area contributed by atoms with Crippen molar-refractivity contribution in [2.75, 3.05) is 6.61 Å². The number of nitrogens with zero attached hydrogens (tertiary/aromatic N) is 2. The Morgan fingerprint density at radius 2 is 2.50 bits per heavy atom. The van der Waals surface area contributed by atoms with Crippen LogP contribution in [0.2, 0.25) is 0 Å². The number of aromatic nitrogens is 2. The summed E-state index contributed by atoms with van der Waals surface area (Å²) in [6, 6.07) is 0. The molecule has 0 fully saturated rings. The molecule has 0 saturated carbocycles. The average molecular weight is 168 g/mol. The van der Waals surface area contributed by atoms with Crippen molar-refractivity contribution in [2.24, 2.45) is 7.05 Å². The van der Waals surface area contributed by atoms with Gasteiger partial charge in [-0.2, -0.15) is 9.49 Å². The first-order chi connectivity index (χ1) is 5.75.